The highest BCUT2D eigenvalue weighted by molar-refractivity contribution is 5.91. The van der Waals surface area contributed by atoms with Crippen LogP contribution in [0.15, 0.2) is 60.7 Å². The first kappa shape index (κ1) is 67.0. The van der Waals surface area contributed by atoms with Gasteiger partial charge in [-0.25, -0.2) is 17.6 Å². The fraction of sp³-hybridized carbons (Fsp3) is 0.589. The van der Waals surface area contributed by atoms with Crippen molar-refractivity contribution < 1.29 is 90.1 Å². The number of hydrogen-bond donors (Lipinski definition) is 5. The number of carbonyl (C=O) groups excluding carboxylic acids is 7. The molecule has 19 nitrogen and oxygen atoms in total. The quantitative estimate of drug-likeness (QED) is 0.0378. The van der Waals surface area contributed by atoms with Gasteiger partial charge in [-0.3, -0.25) is 33.6 Å². The second-order valence-corrected chi connectivity index (χ2v) is 19.7. The van der Waals surface area contributed by atoms with Crippen molar-refractivity contribution in [3.8, 4) is 0 Å². The Morgan fingerprint density at radius 2 is 1.01 bits per heavy atom. The first-order valence-corrected chi connectivity index (χ1v) is 26.4. The third-order valence-corrected chi connectivity index (χ3v) is 13.3. The molecule has 2 heterocycles. The minimum Gasteiger partial charge on any atom is -0.455 e. The third kappa shape index (κ3) is 21.4. The molecule has 2 fully saturated rings. The normalized spacial score (nSPS) is 19.9. The zero-order valence-electron chi connectivity index (χ0n) is 46.3. The van der Waals surface area contributed by atoms with Crippen LogP contribution < -0.4 is 10.6 Å². The van der Waals surface area contributed by atoms with Crippen molar-refractivity contribution in [1.82, 2.24) is 20.4 Å². The molecule has 0 aliphatic carbocycles. The van der Waals surface area contributed by atoms with Crippen molar-refractivity contribution >= 4 is 41.5 Å². The Bertz CT molecular complexity index is 2410. The number of hydrogen-bond acceptors (Lipinski definition) is 15. The van der Waals surface area contributed by atoms with Crippen LogP contribution in [-0.4, -0.2) is 155 Å². The molecule has 2 aliphatic rings. The number of amides is 4. The van der Waals surface area contributed by atoms with Crippen LogP contribution in [0.4, 0.5) is 17.6 Å². The van der Waals surface area contributed by atoms with Crippen molar-refractivity contribution in [2.24, 2.45) is 11.8 Å². The van der Waals surface area contributed by atoms with Crippen molar-refractivity contribution in [3.05, 3.63) is 95.1 Å². The number of esters is 3. The maximum atomic E-state index is 13.8. The van der Waals surface area contributed by atoms with Gasteiger partial charge in [0.05, 0.1) is 0 Å². The van der Waals surface area contributed by atoms with Gasteiger partial charge in [0.15, 0.2) is 53.8 Å². The lowest BCUT2D eigenvalue weighted by Crippen LogP contribution is -2.58. The van der Waals surface area contributed by atoms with E-state index in [0.717, 1.165) is 57.9 Å². The lowest BCUT2D eigenvalue weighted by Gasteiger charge is -2.34. The molecule has 2 aromatic carbocycles. The number of halogens is 4. The second kappa shape index (κ2) is 33.4. The van der Waals surface area contributed by atoms with Crippen molar-refractivity contribution in [2.75, 3.05) is 27.3 Å². The summed E-state index contributed by atoms with van der Waals surface area (Å²) in [5.41, 5.74) is 0.789. The molecule has 440 valence electrons. The molecule has 2 aliphatic heterocycles. The Labute approximate surface area is 459 Å². The minimum atomic E-state index is -1.75. The number of ether oxygens (including phenoxy) is 5. The molecule has 4 rings (SSSR count). The minimum absolute atomic E-state index is 0.00666. The summed E-state index contributed by atoms with van der Waals surface area (Å²) in [6.45, 7) is 11.8. The molecule has 2 saturated heterocycles. The molecule has 0 spiro atoms. The Morgan fingerprint density at radius 3 is 1.42 bits per heavy atom. The lowest BCUT2D eigenvalue weighted by molar-refractivity contribution is -0.192. The van der Waals surface area contributed by atoms with Gasteiger partial charge >= 0.3 is 17.9 Å². The molecule has 79 heavy (non-hydrogen) atoms. The van der Waals surface area contributed by atoms with Crippen LogP contribution in [0.2, 0.25) is 0 Å². The number of nitrogens with zero attached hydrogens (tertiary/aromatic N) is 2. The number of benzene rings is 2. The van der Waals surface area contributed by atoms with Gasteiger partial charge in [-0.1, -0.05) is 70.9 Å². The lowest BCUT2D eigenvalue weighted by atomic mass is 9.98. The summed E-state index contributed by atoms with van der Waals surface area (Å²) in [6.07, 6.45) is -1.40. The largest absolute Gasteiger partial charge is 0.455 e. The predicted octanol–water partition coefficient (Wildman–Crippen LogP) is 5.04. The number of rotatable bonds is 25. The molecule has 2 unspecified atom stereocenters. The number of aliphatic hydroxyl groups is 3. The summed E-state index contributed by atoms with van der Waals surface area (Å²) in [6, 6.07) is 4.83. The Morgan fingerprint density at radius 1 is 0.595 bits per heavy atom. The Hall–Kier alpha value is -6.27. The van der Waals surface area contributed by atoms with Crippen LogP contribution in [0.1, 0.15) is 111 Å². The molecule has 0 saturated carbocycles. The van der Waals surface area contributed by atoms with Gasteiger partial charge in [0.1, 0.15) is 30.4 Å². The molecule has 0 radical (unpaired) electrons. The highest BCUT2D eigenvalue weighted by atomic mass is 19.2. The van der Waals surface area contributed by atoms with Crippen LogP contribution in [0, 0.1) is 35.1 Å². The van der Waals surface area contributed by atoms with Gasteiger partial charge in [-0.05, 0) is 91.8 Å². The predicted molar refractivity (Wildman–Crippen MR) is 279 cm³/mol. The SMILES string of the molecule is CCC(C)/C=C/[C@@H](O)[C@H](O)[C@@H](O)[C@@H](OC)C(=O)N[C@H]1CCCCN(Cc2ccc(F)c(F)c2)C1=O.CCC(C)/C=C/[C@@H](OC(C)=O)[C@H](OC(C)=O)[C@@H](OC(C)=O)[C@@H](OC)C(=O)N[C@H]1CCCCN(Cc2ccc(F)c(F)c2)C1=O. The van der Waals surface area contributed by atoms with E-state index in [2.05, 4.69) is 10.6 Å². The van der Waals surface area contributed by atoms with E-state index >= 15 is 0 Å². The van der Waals surface area contributed by atoms with Crippen LogP contribution >= 0.6 is 0 Å². The van der Waals surface area contributed by atoms with E-state index in [-0.39, 0.29) is 31.3 Å². The molecule has 0 aromatic heterocycles. The zero-order valence-corrected chi connectivity index (χ0v) is 46.3. The summed E-state index contributed by atoms with van der Waals surface area (Å²) in [4.78, 5) is 92.3. The molecular formula is C56H78F4N4O15. The molecule has 4 amide bonds. The molecule has 23 heteroatoms. The average molecular weight is 1120 g/mol. The van der Waals surface area contributed by atoms with Crippen molar-refractivity contribution in [1.29, 1.82) is 0 Å². The van der Waals surface area contributed by atoms with E-state index in [1.807, 2.05) is 27.7 Å². The summed E-state index contributed by atoms with van der Waals surface area (Å²) in [7, 11) is 2.34. The maximum absolute atomic E-state index is 13.8. The Balaban J connectivity index is 0.000000426. The number of aliphatic hydroxyl groups excluding tert-OH is 3. The summed E-state index contributed by atoms with van der Waals surface area (Å²) < 4.78 is 80.9. The van der Waals surface area contributed by atoms with E-state index < -0.39 is 126 Å². The summed E-state index contributed by atoms with van der Waals surface area (Å²) in [5.74, 6) is -8.70. The number of likely N-dealkylation sites (tertiary alicyclic amines) is 2. The van der Waals surface area contributed by atoms with Crippen molar-refractivity contribution in [2.45, 2.75) is 174 Å². The number of methoxy groups -OCH3 is 2. The van der Waals surface area contributed by atoms with Crippen molar-refractivity contribution in [3.63, 3.8) is 0 Å². The van der Waals surface area contributed by atoms with Crippen LogP contribution in [-0.2, 0) is 70.3 Å². The topological polar surface area (TPSA) is 257 Å². The van der Waals surface area contributed by atoms with E-state index in [4.69, 9.17) is 23.7 Å². The molecule has 5 N–H and O–H groups in total. The van der Waals surface area contributed by atoms with Crippen LogP contribution in [0.5, 0.6) is 0 Å². The molecule has 2 aromatic rings. The van der Waals surface area contributed by atoms with Gasteiger partial charge in [-0.2, -0.15) is 0 Å². The van der Waals surface area contributed by atoms with Gasteiger partial charge in [0.25, 0.3) is 11.8 Å². The van der Waals surface area contributed by atoms with Crippen LogP contribution in [0.25, 0.3) is 0 Å². The standard InChI is InChI=1S/C31H42F2N2O9.C25H36F2N2O6/c1-7-18(2)11-14-26(42-19(3)36)27(43-20(4)37)28(44-21(5)38)29(41-6)30(39)34-25-10-8-9-15-35(31(25)40)17-22-12-13-23(32)24(33)16-22;1-4-15(2)8-11-20(30)21(31)22(32)23(35-3)24(33)28-19-7-5-6-12-29(25(19)34)14-16-9-10-17(26)18(27)13-16/h11-14,16,18,25-29H,7-10,15,17H2,1-6H3,(H,34,39);8-11,13,15,19-23,30-32H,4-7,12,14H2,1-3H3,(H,28,33)/b14-11+;11-8+/t18?,25-,26+,27-,28+,29+;15?,19-,20+,21-,22+,23+/m00/s1. The van der Waals surface area contributed by atoms with Gasteiger partial charge in [0, 0.05) is 61.2 Å². The van der Waals surface area contributed by atoms with E-state index in [1.165, 1.54) is 48.3 Å². The van der Waals surface area contributed by atoms with Gasteiger partial charge in [-0.15, -0.1) is 0 Å². The molecular weight excluding hydrogens is 1040 g/mol. The van der Waals surface area contributed by atoms with E-state index in [0.29, 0.717) is 56.3 Å². The highest BCUT2D eigenvalue weighted by Gasteiger charge is 2.45. The first-order valence-electron chi connectivity index (χ1n) is 26.4. The number of nitrogens with one attached hydrogen (secondary N) is 2. The van der Waals surface area contributed by atoms with E-state index in [1.54, 1.807) is 12.2 Å². The third-order valence-electron chi connectivity index (χ3n) is 13.3. The second-order valence-electron chi connectivity index (χ2n) is 19.7. The highest BCUT2D eigenvalue weighted by Crippen LogP contribution is 2.24. The first-order chi connectivity index (χ1) is 37.3. The van der Waals surface area contributed by atoms with Gasteiger partial charge in [0.2, 0.25) is 11.8 Å². The number of allylic oxidation sites excluding steroid dienone is 2. The smallest absolute Gasteiger partial charge is 0.303 e. The average Bonchev–Trinajstić information content (AvgIpc) is 3.70. The fourth-order valence-corrected chi connectivity index (χ4v) is 8.59. The fourth-order valence-electron chi connectivity index (χ4n) is 8.59. The molecule has 12 atom stereocenters. The van der Waals surface area contributed by atoms with Crippen LogP contribution in [0.3, 0.4) is 0 Å². The van der Waals surface area contributed by atoms with E-state index in [9.17, 15) is 66.4 Å². The summed E-state index contributed by atoms with van der Waals surface area (Å²) in [5, 5.41) is 36.2. The Kier molecular flexibility index (Phi) is 28.3. The summed E-state index contributed by atoms with van der Waals surface area (Å²) >= 11 is 0. The van der Waals surface area contributed by atoms with Gasteiger partial charge < -0.3 is 59.4 Å². The monoisotopic (exact) mass is 1120 g/mol. The zero-order chi connectivity index (χ0) is 59.1. The number of carbonyl (C=O) groups is 7. The maximum Gasteiger partial charge on any atom is 0.303 e. The molecule has 0 bridgehead atoms.